The lowest BCUT2D eigenvalue weighted by atomic mass is 10.1. The first-order valence-corrected chi connectivity index (χ1v) is 5.37. The Morgan fingerprint density at radius 2 is 2.11 bits per heavy atom. The molecule has 0 spiro atoms. The van der Waals surface area contributed by atoms with E-state index < -0.39 is 40.0 Å². The lowest BCUT2D eigenvalue weighted by molar-refractivity contribution is -0.153. The highest BCUT2D eigenvalue weighted by atomic mass is 35.5. The zero-order chi connectivity index (χ0) is 13.9. The molecule has 0 bridgehead atoms. The molecule has 0 saturated carbocycles. The summed E-state index contributed by atoms with van der Waals surface area (Å²) in [5.41, 5.74) is -0.503. The van der Waals surface area contributed by atoms with E-state index in [1.807, 2.05) is 0 Å². The van der Waals surface area contributed by atoms with Crippen LogP contribution in [0.2, 0.25) is 5.02 Å². The fourth-order valence-electron chi connectivity index (χ4n) is 1.33. The van der Waals surface area contributed by atoms with Gasteiger partial charge in [-0.3, -0.25) is 0 Å². The minimum atomic E-state index is -1.89. The molecule has 1 aromatic rings. The van der Waals surface area contributed by atoms with Gasteiger partial charge in [-0.1, -0.05) is 11.6 Å². The molecule has 0 radical (unpaired) electrons. The summed E-state index contributed by atoms with van der Waals surface area (Å²) in [6.45, 7) is 1.54. The third-order valence-electron chi connectivity index (χ3n) is 2.15. The quantitative estimate of drug-likeness (QED) is 0.679. The van der Waals surface area contributed by atoms with Crippen LogP contribution >= 0.6 is 11.6 Å². The van der Waals surface area contributed by atoms with Crippen molar-refractivity contribution in [3.05, 3.63) is 28.3 Å². The molecule has 0 aliphatic carbocycles. The molecule has 0 aliphatic rings. The number of ether oxygens (including phenoxy) is 2. The van der Waals surface area contributed by atoms with Gasteiger partial charge in [-0.05, 0) is 13.0 Å². The number of esters is 1. The van der Waals surface area contributed by atoms with Gasteiger partial charge in [0.1, 0.15) is 0 Å². The van der Waals surface area contributed by atoms with Crippen LogP contribution in [0.5, 0.6) is 5.75 Å². The highest BCUT2D eigenvalue weighted by molar-refractivity contribution is 6.31. The van der Waals surface area contributed by atoms with Gasteiger partial charge in [-0.15, -0.1) is 0 Å². The summed E-state index contributed by atoms with van der Waals surface area (Å²) in [4.78, 5) is 11.3. The topological polar surface area (TPSA) is 55.8 Å². The normalized spacial score (nSPS) is 12.1. The highest BCUT2D eigenvalue weighted by Gasteiger charge is 2.27. The third kappa shape index (κ3) is 2.70. The van der Waals surface area contributed by atoms with Crippen molar-refractivity contribution in [1.82, 2.24) is 0 Å². The molecule has 7 heteroatoms. The third-order valence-corrected chi connectivity index (χ3v) is 2.43. The van der Waals surface area contributed by atoms with Gasteiger partial charge in [0.25, 0.3) is 0 Å². The molecule has 4 nitrogen and oxygen atoms in total. The van der Waals surface area contributed by atoms with Crippen molar-refractivity contribution < 1.29 is 28.2 Å². The average molecular weight is 281 g/mol. The lowest BCUT2D eigenvalue weighted by Gasteiger charge is -2.14. The number of hydrogen-bond donors (Lipinski definition) is 1. The summed E-state index contributed by atoms with van der Waals surface area (Å²) in [5.74, 6) is -4.11. The summed E-state index contributed by atoms with van der Waals surface area (Å²) in [6, 6.07) is 0.816. The number of methoxy groups -OCH3 is 1. The van der Waals surface area contributed by atoms with E-state index in [2.05, 4.69) is 9.47 Å². The van der Waals surface area contributed by atoms with Crippen LogP contribution in [0.15, 0.2) is 6.07 Å². The second kappa shape index (κ2) is 5.97. The lowest BCUT2D eigenvalue weighted by Crippen LogP contribution is -2.17. The Kier molecular flexibility index (Phi) is 4.86. The van der Waals surface area contributed by atoms with Crippen LogP contribution in [0, 0.1) is 11.6 Å². The number of halogens is 3. The van der Waals surface area contributed by atoms with Crippen LogP contribution < -0.4 is 4.74 Å². The van der Waals surface area contributed by atoms with Gasteiger partial charge < -0.3 is 14.6 Å². The molecule has 100 valence electrons. The molecule has 0 heterocycles. The van der Waals surface area contributed by atoms with E-state index in [9.17, 15) is 18.7 Å². The standard InChI is InChI=1S/C11H11ClF2O4/c1-3-18-11(16)9(15)5-4-6(12)8(14)10(17-2)7(5)13/h4,9,15H,3H2,1-2H3. The fraction of sp³-hybridized carbons (Fsp3) is 0.364. The van der Waals surface area contributed by atoms with E-state index in [1.165, 1.54) is 6.92 Å². The summed E-state index contributed by atoms with van der Waals surface area (Å²) >= 11 is 5.51. The van der Waals surface area contributed by atoms with E-state index >= 15 is 0 Å². The number of aliphatic hydroxyl groups is 1. The number of benzene rings is 1. The Morgan fingerprint density at radius 1 is 1.50 bits per heavy atom. The predicted octanol–water partition coefficient (Wildman–Crippen LogP) is 2.22. The summed E-state index contributed by atoms with van der Waals surface area (Å²) in [6.07, 6.45) is -1.89. The van der Waals surface area contributed by atoms with Crippen molar-refractivity contribution in [3.63, 3.8) is 0 Å². The summed E-state index contributed by atoms with van der Waals surface area (Å²) in [7, 11) is 1.04. The van der Waals surface area contributed by atoms with E-state index in [4.69, 9.17) is 11.6 Å². The van der Waals surface area contributed by atoms with Crippen molar-refractivity contribution >= 4 is 17.6 Å². The molecule has 1 N–H and O–H groups in total. The second-order valence-electron chi connectivity index (χ2n) is 3.26. The Balaban J connectivity index is 3.25. The number of rotatable bonds is 4. The van der Waals surface area contributed by atoms with Crippen molar-refractivity contribution in [2.75, 3.05) is 13.7 Å². The largest absolute Gasteiger partial charge is 0.491 e. The Morgan fingerprint density at radius 3 is 2.61 bits per heavy atom. The molecule has 0 amide bonds. The minimum Gasteiger partial charge on any atom is -0.491 e. The SMILES string of the molecule is CCOC(=O)C(O)c1cc(Cl)c(F)c(OC)c1F. The van der Waals surface area contributed by atoms with Gasteiger partial charge in [0.2, 0.25) is 0 Å². The first-order chi connectivity index (χ1) is 8.43. The molecule has 1 aromatic carbocycles. The van der Waals surface area contributed by atoms with Crippen molar-refractivity contribution in [1.29, 1.82) is 0 Å². The average Bonchev–Trinajstić information content (AvgIpc) is 2.34. The molecule has 0 aliphatic heterocycles. The second-order valence-corrected chi connectivity index (χ2v) is 3.67. The van der Waals surface area contributed by atoms with E-state index in [-0.39, 0.29) is 6.61 Å². The smallest absolute Gasteiger partial charge is 0.339 e. The maximum Gasteiger partial charge on any atom is 0.339 e. The van der Waals surface area contributed by atoms with Crippen LogP contribution in [0.3, 0.4) is 0 Å². The first kappa shape index (κ1) is 14.7. The van der Waals surface area contributed by atoms with Crippen LogP contribution in [0.1, 0.15) is 18.6 Å². The van der Waals surface area contributed by atoms with Gasteiger partial charge in [-0.25, -0.2) is 13.6 Å². The van der Waals surface area contributed by atoms with Gasteiger partial charge in [0.15, 0.2) is 23.5 Å². The van der Waals surface area contributed by atoms with Crippen LogP contribution in [-0.2, 0) is 9.53 Å². The molecule has 0 aromatic heterocycles. The molecular weight excluding hydrogens is 270 g/mol. The Labute approximate surface area is 107 Å². The monoisotopic (exact) mass is 280 g/mol. The molecule has 18 heavy (non-hydrogen) atoms. The van der Waals surface area contributed by atoms with Gasteiger partial charge in [0.05, 0.1) is 18.7 Å². The van der Waals surface area contributed by atoms with E-state index in [0.717, 1.165) is 13.2 Å². The van der Waals surface area contributed by atoms with Gasteiger partial charge >= 0.3 is 5.97 Å². The maximum atomic E-state index is 13.8. The van der Waals surface area contributed by atoms with Gasteiger partial charge in [-0.2, -0.15) is 0 Å². The molecule has 1 unspecified atom stereocenters. The van der Waals surface area contributed by atoms with Gasteiger partial charge in [0, 0.05) is 5.56 Å². The Bertz CT molecular complexity index is 465. The van der Waals surface area contributed by atoms with Crippen molar-refractivity contribution in [3.8, 4) is 5.75 Å². The number of carbonyl (C=O) groups is 1. The predicted molar refractivity (Wildman–Crippen MR) is 59.5 cm³/mol. The van der Waals surface area contributed by atoms with E-state index in [0.29, 0.717) is 0 Å². The number of hydrogen-bond acceptors (Lipinski definition) is 4. The fourth-order valence-corrected chi connectivity index (χ4v) is 1.53. The molecular formula is C11H11ClF2O4. The zero-order valence-electron chi connectivity index (χ0n) is 9.67. The molecule has 0 saturated heterocycles. The number of aliphatic hydroxyl groups excluding tert-OH is 1. The first-order valence-electron chi connectivity index (χ1n) is 5.00. The van der Waals surface area contributed by atoms with Crippen LogP contribution in [-0.4, -0.2) is 24.8 Å². The minimum absolute atomic E-state index is 0.0174. The summed E-state index contributed by atoms with van der Waals surface area (Å²) in [5, 5.41) is 9.12. The molecule has 1 atom stereocenters. The summed E-state index contributed by atoms with van der Waals surface area (Å²) < 4.78 is 36.1. The Hall–Kier alpha value is -1.40. The molecule has 1 rings (SSSR count). The van der Waals surface area contributed by atoms with Crippen molar-refractivity contribution in [2.24, 2.45) is 0 Å². The van der Waals surface area contributed by atoms with Crippen LogP contribution in [0.4, 0.5) is 8.78 Å². The zero-order valence-corrected chi connectivity index (χ0v) is 10.4. The highest BCUT2D eigenvalue weighted by Crippen LogP contribution is 2.33. The molecule has 0 fully saturated rings. The van der Waals surface area contributed by atoms with Crippen LogP contribution in [0.25, 0.3) is 0 Å². The van der Waals surface area contributed by atoms with E-state index in [1.54, 1.807) is 0 Å². The number of carbonyl (C=O) groups excluding carboxylic acids is 1. The maximum absolute atomic E-state index is 13.8. The van der Waals surface area contributed by atoms with Crippen molar-refractivity contribution in [2.45, 2.75) is 13.0 Å².